The molecular formula is C25H29N3O5. The van der Waals surface area contributed by atoms with Crippen LogP contribution < -0.4 is 19.5 Å². The van der Waals surface area contributed by atoms with E-state index in [2.05, 4.69) is 27.5 Å². The van der Waals surface area contributed by atoms with Crippen molar-refractivity contribution < 1.29 is 23.5 Å². The van der Waals surface area contributed by atoms with Gasteiger partial charge in [-0.15, -0.1) is 0 Å². The van der Waals surface area contributed by atoms with Crippen LogP contribution in [0.4, 0.5) is 0 Å². The van der Waals surface area contributed by atoms with E-state index in [0.717, 1.165) is 38.2 Å². The van der Waals surface area contributed by atoms with Crippen LogP contribution in [0.15, 0.2) is 53.1 Å². The van der Waals surface area contributed by atoms with Crippen LogP contribution in [0, 0.1) is 0 Å². The molecule has 0 radical (unpaired) electrons. The predicted molar refractivity (Wildman–Crippen MR) is 124 cm³/mol. The molecule has 1 aliphatic rings. The number of nitrogens with one attached hydrogen (secondary N) is 1. The summed E-state index contributed by atoms with van der Waals surface area (Å²) in [5.41, 5.74) is 2.14. The first-order chi connectivity index (χ1) is 16.1. The molecule has 1 aromatic heterocycles. The van der Waals surface area contributed by atoms with Crippen molar-refractivity contribution >= 4 is 5.91 Å². The number of likely N-dealkylation sites (tertiary alicyclic amines) is 1. The van der Waals surface area contributed by atoms with E-state index < -0.39 is 0 Å². The third kappa shape index (κ3) is 5.46. The summed E-state index contributed by atoms with van der Waals surface area (Å²) in [4.78, 5) is 15.2. The molecule has 8 nitrogen and oxygen atoms in total. The number of hydrogen-bond acceptors (Lipinski definition) is 7. The van der Waals surface area contributed by atoms with Crippen molar-refractivity contribution in [3.63, 3.8) is 0 Å². The van der Waals surface area contributed by atoms with Gasteiger partial charge in [0.2, 0.25) is 0 Å². The van der Waals surface area contributed by atoms with E-state index in [9.17, 15) is 4.79 Å². The van der Waals surface area contributed by atoms with Gasteiger partial charge in [0.25, 0.3) is 5.91 Å². The van der Waals surface area contributed by atoms with E-state index in [1.54, 1.807) is 45.6 Å². The molecule has 3 aromatic rings. The zero-order valence-corrected chi connectivity index (χ0v) is 19.2. The Kier molecular flexibility index (Phi) is 7.14. The molecule has 1 fully saturated rings. The summed E-state index contributed by atoms with van der Waals surface area (Å²) < 4.78 is 21.4. The topological polar surface area (TPSA) is 86.1 Å². The molecular weight excluding hydrogens is 422 g/mol. The molecule has 8 heteroatoms. The van der Waals surface area contributed by atoms with E-state index in [4.69, 9.17) is 18.7 Å². The van der Waals surface area contributed by atoms with Gasteiger partial charge in [0, 0.05) is 31.7 Å². The number of piperidine rings is 1. The smallest absolute Gasteiger partial charge is 0.273 e. The van der Waals surface area contributed by atoms with Gasteiger partial charge in [0.05, 0.1) is 26.9 Å². The van der Waals surface area contributed by atoms with E-state index in [1.807, 2.05) is 12.1 Å². The number of hydrogen-bond donors (Lipinski definition) is 1. The first kappa shape index (κ1) is 22.7. The Labute approximate surface area is 193 Å². The maximum absolute atomic E-state index is 12.8. The minimum Gasteiger partial charge on any atom is -0.497 e. The third-order valence-corrected chi connectivity index (χ3v) is 5.88. The summed E-state index contributed by atoms with van der Waals surface area (Å²) in [6.07, 6.45) is 1.76. The van der Waals surface area contributed by atoms with Crippen molar-refractivity contribution in [1.82, 2.24) is 15.4 Å². The predicted octanol–water partition coefficient (Wildman–Crippen LogP) is 3.76. The fourth-order valence-electron chi connectivity index (χ4n) is 4.04. The number of carbonyl (C=O) groups excluding carboxylic acids is 1. The average molecular weight is 452 g/mol. The molecule has 1 saturated heterocycles. The van der Waals surface area contributed by atoms with E-state index in [0.29, 0.717) is 22.8 Å². The zero-order valence-electron chi connectivity index (χ0n) is 19.2. The Morgan fingerprint density at radius 3 is 2.52 bits per heavy atom. The number of aromatic nitrogens is 1. The Hall–Kier alpha value is -3.52. The van der Waals surface area contributed by atoms with Gasteiger partial charge in [0.1, 0.15) is 17.2 Å². The number of amides is 1. The lowest BCUT2D eigenvalue weighted by molar-refractivity contribution is 0.0900. The summed E-state index contributed by atoms with van der Waals surface area (Å²) in [5.74, 6) is 2.35. The fourth-order valence-corrected chi connectivity index (χ4v) is 4.04. The highest BCUT2D eigenvalue weighted by Crippen LogP contribution is 2.33. The molecule has 0 spiro atoms. The molecule has 0 unspecified atom stereocenters. The quantitative estimate of drug-likeness (QED) is 0.558. The fraction of sp³-hybridized carbons (Fsp3) is 0.360. The van der Waals surface area contributed by atoms with Gasteiger partial charge < -0.3 is 24.1 Å². The molecule has 0 bridgehead atoms. The Morgan fingerprint density at radius 1 is 1.03 bits per heavy atom. The molecule has 1 aliphatic heterocycles. The van der Waals surface area contributed by atoms with Crippen LogP contribution in [0.3, 0.4) is 0 Å². The molecule has 2 heterocycles. The van der Waals surface area contributed by atoms with E-state index >= 15 is 0 Å². The number of methoxy groups -OCH3 is 3. The van der Waals surface area contributed by atoms with Gasteiger partial charge in [-0.2, -0.15) is 0 Å². The zero-order chi connectivity index (χ0) is 23.2. The largest absolute Gasteiger partial charge is 0.497 e. The van der Waals surface area contributed by atoms with E-state index in [-0.39, 0.29) is 17.6 Å². The number of rotatable bonds is 8. The lowest BCUT2D eigenvalue weighted by Crippen LogP contribution is -2.44. The van der Waals surface area contributed by atoms with Crippen molar-refractivity contribution in [2.45, 2.75) is 25.4 Å². The van der Waals surface area contributed by atoms with Crippen molar-refractivity contribution in [1.29, 1.82) is 0 Å². The summed E-state index contributed by atoms with van der Waals surface area (Å²) in [6.45, 7) is 2.69. The summed E-state index contributed by atoms with van der Waals surface area (Å²) in [5, 5.41) is 7.06. The van der Waals surface area contributed by atoms with Crippen LogP contribution in [0.2, 0.25) is 0 Å². The van der Waals surface area contributed by atoms with Gasteiger partial charge in [-0.1, -0.05) is 17.3 Å². The van der Waals surface area contributed by atoms with Gasteiger partial charge >= 0.3 is 0 Å². The normalized spacial score (nSPS) is 14.6. The minimum absolute atomic E-state index is 0.102. The molecule has 1 N–H and O–H groups in total. The Balaban J connectivity index is 1.33. The van der Waals surface area contributed by atoms with Crippen molar-refractivity contribution in [3.05, 3.63) is 59.8 Å². The second kappa shape index (κ2) is 10.4. The van der Waals surface area contributed by atoms with Gasteiger partial charge in [0.15, 0.2) is 11.5 Å². The maximum atomic E-state index is 12.8. The van der Waals surface area contributed by atoms with Crippen molar-refractivity contribution in [2.24, 2.45) is 0 Å². The highest BCUT2D eigenvalue weighted by Gasteiger charge is 2.23. The second-order valence-electron chi connectivity index (χ2n) is 8.02. The van der Waals surface area contributed by atoms with Crippen LogP contribution >= 0.6 is 0 Å². The SMILES string of the molecule is COc1cccc(CN2CCC(NC(=O)c3cc(-c4cc(OC)ccc4OC)on3)CC2)c1. The molecule has 33 heavy (non-hydrogen) atoms. The molecule has 0 aliphatic carbocycles. The second-order valence-corrected chi connectivity index (χ2v) is 8.02. The van der Waals surface area contributed by atoms with Gasteiger partial charge in [-0.3, -0.25) is 9.69 Å². The van der Waals surface area contributed by atoms with Gasteiger partial charge in [-0.25, -0.2) is 0 Å². The van der Waals surface area contributed by atoms with E-state index in [1.165, 1.54) is 5.56 Å². The number of nitrogens with zero attached hydrogens (tertiary/aromatic N) is 2. The van der Waals surface area contributed by atoms with Crippen LogP contribution in [0.1, 0.15) is 28.9 Å². The Bertz CT molecular complexity index is 1090. The summed E-state index contributed by atoms with van der Waals surface area (Å²) >= 11 is 0. The first-order valence-electron chi connectivity index (χ1n) is 10.9. The number of benzene rings is 2. The van der Waals surface area contributed by atoms with Crippen molar-refractivity contribution in [3.8, 4) is 28.6 Å². The van der Waals surface area contributed by atoms with Crippen molar-refractivity contribution in [2.75, 3.05) is 34.4 Å². The van der Waals surface area contributed by atoms with Crippen LogP contribution in [0.5, 0.6) is 17.2 Å². The highest BCUT2D eigenvalue weighted by molar-refractivity contribution is 5.93. The minimum atomic E-state index is -0.238. The highest BCUT2D eigenvalue weighted by atomic mass is 16.5. The standard InChI is InChI=1S/C25H29N3O5/c1-30-19-6-4-5-17(13-19)16-28-11-9-18(10-12-28)26-25(29)22-15-24(33-27-22)21-14-20(31-2)7-8-23(21)32-3/h4-8,13-15,18H,9-12,16H2,1-3H3,(H,26,29). The molecule has 174 valence electrons. The maximum Gasteiger partial charge on any atom is 0.273 e. The van der Waals surface area contributed by atoms with Crippen LogP contribution in [0.25, 0.3) is 11.3 Å². The molecule has 2 aromatic carbocycles. The van der Waals surface area contributed by atoms with Crippen LogP contribution in [-0.4, -0.2) is 56.4 Å². The summed E-state index contributed by atoms with van der Waals surface area (Å²) in [6, 6.07) is 15.2. The first-order valence-corrected chi connectivity index (χ1v) is 10.9. The molecule has 0 atom stereocenters. The molecule has 4 rings (SSSR count). The summed E-state index contributed by atoms with van der Waals surface area (Å²) in [7, 11) is 4.85. The monoisotopic (exact) mass is 451 g/mol. The molecule has 0 saturated carbocycles. The third-order valence-electron chi connectivity index (χ3n) is 5.88. The molecule has 1 amide bonds. The van der Waals surface area contributed by atoms with Crippen LogP contribution in [-0.2, 0) is 6.54 Å². The number of ether oxygens (including phenoxy) is 3. The average Bonchev–Trinajstić information content (AvgIpc) is 3.35. The van der Waals surface area contributed by atoms with Gasteiger partial charge in [-0.05, 0) is 48.7 Å². The number of carbonyl (C=O) groups is 1. The lowest BCUT2D eigenvalue weighted by atomic mass is 10.0. The lowest BCUT2D eigenvalue weighted by Gasteiger charge is -2.32. The Morgan fingerprint density at radius 2 is 1.79 bits per heavy atom.